The molecule has 2 rings (SSSR count). The van der Waals surface area contributed by atoms with Crippen molar-refractivity contribution in [3.05, 3.63) is 36.0 Å². The number of hydrogen-bond acceptors (Lipinski definition) is 8. The van der Waals surface area contributed by atoms with Gasteiger partial charge >= 0.3 is 10.1 Å². The molecular formula is C16H21N5O4S. The van der Waals surface area contributed by atoms with Gasteiger partial charge in [0.25, 0.3) is 5.91 Å². The Bertz CT molecular complexity index is 901. The molecular weight excluding hydrogens is 358 g/mol. The fourth-order valence-electron chi connectivity index (χ4n) is 2.00. The Hall–Kier alpha value is -2.88. The third kappa shape index (κ3) is 5.59. The predicted octanol–water partition coefficient (Wildman–Crippen LogP) is 1.87. The molecule has 0 spiro atoms. The van der Waals surface area contributed by atoms with Crippen LogP contribution in [0.4, 0.5) is 17.5 Å². The lowest BCUT2D eigenvalue weighted by atomic mass is 10.2. The molecule has 9 nitrogen and oxygen atoms in total. The lowest BCUT2D eigenvalue weighted by Crippen LogP contribution is -2.21. The quantitative estimate of drug-likeness (QED) is 0.591. The van der Waals surface area contributed by atoms with Gasteiger partial charge < -0.3 is 20.6 Å². The van der Waals surface area contributed by atoms with Crippen LogP contribution in [0, 0.1) is 0 Å². The average Bonchev–Trinajstić information content (AvgIpc) is 2.53. The van der Waals surface area contributed by atoms with Crippen LogP contribution in [0.5, 0.6) is 5.75 Å². The molecule has 1 amide bonds. The van der Waals surface area contributed by atoms with Crippen LogP contribution >= 0.6 is 0 Å². The Labute approximate surface area is 152 Å². The molecule has 0 aliphatic rings. The number of benzene rings is 1. The van der Waals surface area contributed by atoms with Crippen molar-refractivity contribution in [2.75, 3.05) is 16.9 Å². The summed E-state index contributed by atoms with van der Waals surface area (Å²) in [5.74, 6) is 0.0697. The molecule has 0 bridgehead atoms. The summed E-state index contributed by atoms with van der Waals surface area (Å²) in [4.78, 5) is 19.9. The smallest absolute Gasteiger partial charge is 0.306 e. The van der Waals surface area contributed by atoms with Crippen LogP contribution in [0.2, 0.25) is 0 Å². The van der Waals surface area contributed by atoms with E-state index in [1.165, 1.54) is 18.3 Å². The van der Waals surface area contributed by atoms with Crippen LogP contribution in [0.1, 0.15) is 30.6 Å². The van der Waals surface area contributed by atoms with Crippen molar-refractivity contribution in [3.63, 3.8) is 0 Å². The minimum absolute atomic E-state index is 0.0855. The summed E-state index contributed by atoms with van der Waals surface area (Å²) in [6.45, 7) is 3.95. The first kappa shape index (κ1) is 19.4. The van der Waals surface area contributed by atoms with Gasteiger partial charge in [-0.1, -0.05) is 13.0 Å². The molecule has 2 aromatic rings. The Kier molecular flexibility index (Phi) is 5.98. The lowest BCUT2D eigenvalue weighted by Gasteiger charge is -2.15. The van der Waals surface area contributed by atoms with Gasteiger partial charge in [-0.25, -0.2) is 4.98 Å². The standard InChI is InChI=1S/C16H21N5O4S/c1-4-10(2)19-15-13(14(17)22)9-18-16(21-15)20-11-6-5-7-12(8-11)25-26(3,23)24/h5-10H,4H2,1-3H3,(H2,17,22)(H2,18,19,20,21). The summed E-state index contributed by atoms with van der Waals surface area (Å²) in [7, 11) is -3.63. The van der Waals surface area contributed by atoms with Gasteiger partial charge in [0.2, 0.25) is 5.95 Å². The topological polar surface area (TPSA) is 136 Å². The van der Waals surface area contributed by atoms with Gasteiger partial charge in [0.1, 0.15) is 11.6 Å². The number of nitrogens with one attached hydrogen (secondary N) is 2. The van der Waals surface area contributed by atoms with E-state index in [0.717, 1.165) is 12.7 Å². The highest BCUT2D eigenvalue weighted by atomic mass is 32.2. The van der Waals surface area contributed by atoms with E-state index in [1.807, 2.05) is 13.8 Å². The molecule has 0 aliphatic carbocycles. The molecule has 1 unspecified atom stereocenters. The lowest BCUT2D eigenvalue weighted by molar-refractivity contribution is 0.100. The monoisotopic (exact) mass is 379 g/mol. The third-order valence-corrected chi connectivity index (χ3v) is 3.88. The summed E-state index contributed by atoms with van der Waals surface area (Å²) >= 11 is 0. The summed E-state index contributed by atoms with van der Waals surface area (Å²) in [6, 6.07) is 6.41. The number of nitrogens with zero attached hydrogens (tertiary/aromatic N) is 2. The van der Waals surface area contributed by atoms with Crippen molar-refractivity contribution < 1.29 is 17.4 Å². The van der Waals surface area contributed by atoms with Crippen molar-refractivity contribution in [1.82, 2.24) is 9.97 Å². The fourth-order valence-corrected chi connectivity index (χ4v) is 2.45. The molecule has 1 atom stereocenters. The largest absolute Gasteiger partial charge is 0.383 e. The molecule has 0 saturated carbocycles. The molecule has 0 aliphatic heterocycles. The van der Waals surface area contributed by atoms with Gasteiger partial charge in [0.05, 0.1) is 11.8 Å². The number of carbonyl (C=O) groups is 1. The van der Waals surface area contributed by atoms with Gasteiger partial charge in [-0.2, -0.15) is 13.4 Å². The van der Waals surface area contributed by atoms with Crippen LogP contribution < -0.4 is 20.6 Å². The number of amides is 1. The summed E-state index contributed by atoms with van der Waals surface area (Å²) in [5, 5.41) is 6.05. The van der Waals surface area contributed by atoms with Crippen molar-refractivity contribution in [1.29, 1.82) is 0 Å². The van der Waals surface area contributed by atoms with Gasteiger partial charge in [-0.15, -0.1) is 0 Å². The molecule has 0 saturated heterocycles. The molecule has 4 N–H and O–H groups in total. The minimum atomic E-state index is -3.63. The maximum atomic E-state index is 11.5. The van der Waals surface area contributed by atoms with E-state index in [4.69, 9.17) is 9.92 Å². The van der Waals surface area contributed by atoms with Crippen LogP contribution in [-0.2, 0) is 10.1 Å². The Morgan fingerprint density at radius 1 is 1.38 bits per heavy atom. The number of rotatable bonds is 8. The summed E-state index contributed by atoms with van der Waals surface area (Å²) in [6.07, 6.45) is 3.13. The van der Waals surface area contributed by atoms with E-state index in [9.17, 15) is 13.2 Å². The molecule has 0 radical (unpaired) electrons. The van der Waals surface area contributed by atoms with Crippen LogP contribution in [0.25, 0.3) is 0 Å². The van der Waals surface area contributed by atoms with Gasteiger partial charge in [0.15, 0.2) is 0 Å². The van der Waals surface area contributed by atoms with Crippen LogP contribution in [-0.4, -0.2) is 36.6 Å². The van der Waals surface area contributed by atoms with E-state index in [2.05, 4.69) is 20.6 Å². The second kappa shape index (κ2) is 8.00. The van der Waals surface area contributed by atoms with E-state index in [-0.39, 0.29) is 23.3 Å². The molecule has 1 heterocycles. The zero-order chi connectivity index (χ0) is 19.3. The minimum Gasteiger partial charge on any atom is -0.383 e. The summed E-state index contributed by atoms with van der Waals surface area (Å²) in [5.41, 5.74) is 6.07. The van der Waals surface area contributed by atoms with Gasteiger partial charge in [-0.05, 0) is 25.5 Å². The maximum Gasteiger partial charge on any atom is 0.306 e. The van der Waals surface area contributed by atoms with Crippen molar-refractivity contribution in [2.24, 2.45) is 5.73 Å². The SMILES string of the molecule is CCC(C)Nc1nc(Nc2cccc(OS(C)(=O)=O)c2)ncc1C(N)=O. The molecule has 10 heteroatoms. The van der Waals surface area contributed by atoms with Gasteiger partial charge in [0, 0.05) is 24.0 Å². The molecule has 26 heavy (non-hydrogen) atoms. The molecule has 1 aromatic heterocycles. The van der Waals surface area contributed by atoms with Crippen molar-refractivity contribution in [2.45, 2.75) is 26.3 Å². The number of aromatic nitrogens is 2. The Morgan fingerprint density at radius 3 is 2.73 bits per heavy atom. The van der Waals surface area contributed by atoms with Crippen molar-refractivity contribution in [3.8, 4) is 5.75 Å². The first-order chi connectivity index (χ1) is 12.2. The average molecular weight is 379 g/mol. The number of nitrogens with two attached hydrogens (primary N) is 1. The second-order valence-corrected chi connectivity index (χ2v) is 7.29. The number of primary amides is 1. The fraction of sp³-hybridized carbons (Fsp3) is 0.312. The second-order valence-electron chi connectivity index (χ2n) is 5.71. The first-order valence-electron chi connectivity index (χ1n) is 7.88. The van der Waals surface area contributed by atoms with E-state index >= 15 is 0 Å². The Balaban J connectivity index is 2.28. The molecule has 1 aromatic carbocycles. The highest BCUT2D eigenvalue weighted by Gasteiger charge is 2.14. The van der Waals surface area contributed by atoms with Crippen molar-refractivity contribution >= 4 is 33.5 Å². The van der Waals surface area contributed by atoms with Gasteiger partial charge in [-0.3, -0.25) is 4.79 Å². The van der Waals surface area contributed by atoms with Crippen LogP contribution in [0.15, 0.2) is 30.5 Å². The molecule has 0 fully saturated rings. The maximum absolute atomic E-state index is 11.5. The molecule has 140 valence electrons. The highest BCUT2D eigenvalue weighted by molar-refractivity contribution is 7.86. The third-order valence-electron chi connectivity index (χ3n) is 3.39. The van der Waals surface area contributed by atoms with Crippen LogP contribution in [0.3, 0.4) is 0 Å². The Morgan fingerprint density at radius 2 is 2.12 bits per heavy atom. The normalized spacial score (nSPS) is 12.3. The summed E-state index contributed by atoms with van der Waals surface area (Å²) < 4.78 is 27.3. The van der Waals surface area contributed by atoms with E-state index in [1.54, 1.807) is 12.1 Å². The van der Waals surface area contributed by atoms with E-state index < -0.39 is 16.0 Å². The predicted molar refractivity (Wildman–Crippen MR) is 99.1 cm³/mol. The number of hydrogen-bond donors (Lipinski definition) is 3. The zero-order valence-corrected chi connectivity index (χ0v) is 15.5. The first-order valence-corrected chi connectivity index (χ1v) is 9.69. The van der Waals surface area contributed by atoms with E-state index in [0.29, 0.717) is 11.5 Å². The number of carbonyl (C=O) groups excluding carboxylic acids is 1. The highest BCUT2D eigenvalue weighted by Crippen LogP contribution is 2.22. The number of anilines is 3. The zero-order valence-electron chi connectivity index (χ0n) is 14.7.